The number of benzene rings is 1. The Balaban J connectivity index is 2.76. The van der Waals surface area contributed by atoms with Crippen LogP contribution < -0.4 is 16.2 Å². The molecule has 1 rings (SSSR count). The number of carbonyl (C=O) groups excluding carboxylic acids is 1. The van der Waals surface area contributed by atoms with Crippen LogP contribution in [0.3, 0.4) is 0 Å². The van der Waals surface area contributed by atoms with Gasteiger partial charge in [-0.15, -0.1) is 0 Å². The Morgan fingerprint density at radius 2 is 1.82 bits per heavy atom. The van der Waals surface area contributed by atoms with Gasteiger partial charge in [-0.2, -0.15) is 0 Å². The fourth-order valence-corrected chi connectivity index (χ4v) is 1.74. The van der Waals surface area contributed by atoms with Gasteiger partial charge >= 0.3 is 0 Å². The quantitative estimate of drug-likeness (QED) is 0.665. The van der Waals surface area contributed by atoms with Crippen LogP contribution >= 0.6 is 12.2 Å². The molecule has 6 nitrogen and oxygen atoms in total. The minimum Gasteiger partial charge on any atom is -0.393 e. The summed E-state index contributed by atoms with van der Waals surface area (Å²) in [6.07, 6.45) is -0.0632. The number of hydrogen-bond donors (Lipinski definition) is 3. The van der Waals surface area contributed by atoms with Crippen LogP contribution in [0.4, 0.5) is 5.69 Å². The van der Waals surface area contributed by atoms with Crippen LogP contribution in [0.1, 0.15) is 6.42 Å². The van der Waals surface area contributed by atoms with Gasteiger partial charge in [0.2, 0.25) is 15.9 Å². The zero-order chi connectivity index (χ0) is 13.1. The molecule has 8 heteroatoms. The monoisotopic (exact) mass is 273 g/mol. The van der Waals surface area contributed by atoms with Crippen molar-refractivity contribution >= 4 is 38.8 Å². The molecule has 0 aliphatic carbocycles. The van der Waals surface area contributed by atoms with E-state index in [4.69, 9.17) is 10.9 Å². The number of nitrogens with one attached hydrogen (secondary N) is 1. The third-order valence-corrected chi connectivity index (χ3v) is 2.87. The van der Waals surface area contributed by atoms with Crippen LogP contribution in [0.5, 0.6) is 0 Å². The van der Waals surface area contributed by atoms with E-state index < -0.39 is 10.0 Å². The molecule has 5 N–H and O–H groups in total. The van der Waals surface area contributed by atoms with Gasteiger partial charge in [-0.05, 0) is 24.3 Å². The molecule has 1 aromatic rings. The Bertz CT molecular complexity index is 537. The standard InChI is InChI=1S/C9H11N3O3S2/c10-8(16)5-9(13)12-6-1-3-7(4-2-6)17(11,14)15/h1-4H,5H2,(H2,10,16)(H,12,13)(H2,11,14,15). The van der Waals surface area contributed by atoms with Gasteiger partial charge in [0.1, 0.15) is 0 Å². The van der Waals surface area contributed by atoms with Crippen molar-refractivity contribution in [2.45, 2.75) is 11.3 Å². The van der Waals surface area contributed by atoms with Gasteiger partial charge in [-0.3, -0.25) is 4.79 Å². The molecular weight excluding hydrogens is 262 g/mol. The van der Waals surface area contributed by atoms with Crippen molar-refractivity contribution in [2.75, 3.05) is 5.32 Å². The van der Waals surface area contributed by atoms with Gasteiger partial charge in [0.05, 0.1) is 16.3 Å². The Kier molecular flexibility index (Phi) is 4.16. The van der Waals surface area contributed by atoms with Gasteiger partial charge in [0, 0.05) is 5.69 Å². The highest BCUT2D eigenvalue weighted by atomic mass is 32.2. The second-order valence-electron chi connectivity index (χ2n) is 3.26. The average Bonchev–Trinajstić information content (AvgIpc) is 2.15. The lowest BCUT2D eigenvalue weighted by atomic mass is 10.3. The van der Waals surface area contributed by atoms with Crippen LogP contribution in [-0.2, 0) is 14.8 Å². The predicted molar refractivity (Wildman–Crippen MR) is 67.8 cm³/mol. The maximum absolute atomic E-state index is 11.3. The van der Waals surface area contributed by atoms with Gasteiger partial charge < -0.3 is 11.1 Å². The first kappa shape index (κ1) is 13.6. The second kappa shape index (κ2) is 5.21. The van der Waals surface area contributed by atoms with E-state index in [0.29, 0.717) is 5.69 Å². The zero-order valence-corrected chi connectivity index (χ0v) is 10.3. The highest BCUT2D eigenvalue weighted by Gasteiger charge is 2.08. The number of primary sulfonamides is 1. The molecule has 0 saturated heterocycles. The summed E-state index contributed by atoms with van der Waals surface area (Å²) < 4.78 is 21.9. The minimum absolute atomic E-state index is 0.0233. The smallest absolute Gasteiger partial charge is 0.238 e. The normalized spacial score (nSPS) is 10.9. The molecule has 0 fully saturated rings. The summed E-state index contributed by atoms with van der Waals surface area (Å²) in [5.74, 6) is -0.360. The Morgan fingerprint density at radius 1 is 1.29 bits per heavy atom. The molecule has 1 aromatic carbocycles. The van der Waals surface area contributed by atoms with Crippen molar-refractivity contribution < 1.29 is 13.2 Å². The third kappa shape index (κ3) is 4.47. The van der Waals surface area contributed by atoms with E-state index in [1.54, 1.807) is 0 Å². The summed E-state index contributed by atoms with van der Waals surface area (Å²) in [6.45, 7) is 0. The van der Waals surface area contributed by atoms with E-state index >= 15 is 0 Å². The molecule has 0 spiro atoms. The highest BCUT2D eigenvalue weighted by molar-refractivity contribution is 7.89. The average molecular weight is 273 g/mol. The molecule has 0 radical (unpaired) electrons. The maximum Gasteiger partial charge on any atom is 0.238 e. The first-order valence-electron chi connectivity index (χ1n) is 4.50. The largest absolute Gasteiger partial charge is 0.393 e. The highest BCUT2D eigenvalue weighted by Crippen LogP contribution is 2.12. The van der Waals surface area contributed by atoms with E-state index in [0.717, 1.165) is 0 Å². The lowest BCUT2D eigenvalue weighted by Crippen LogP contribution is -2.20. The topological polar surface area (TPSA) is 115 Å². The predicted octanol–water partition coefficient (Wildman–Crippen LogP) is -0.0513. The lowest BCUT2D eigenvalue weighted by Gasteiger charge is -2.05. The summed E-state index contributed by atoms with van der Waals surface area (Å²) in [5.41, 5.74) is 5.65. The first-order chi connectivity index (χ1) is 7.79. The fraction of sp³-hybridized carbons (Fsp3) is 0.111. The van der Waals surface area contributed by atoms with Gasteiger partial charge in [0.15, 0.2) is 0 Å². The molecular formula is C9H11N3O3S2. The van der Waals surface area contributed by atoms with Crippen LogP contribution in [0.2, 0.25) is 0 Å². The van der Waals surface area contributed by atoms with Gasteiger partial charge in [-0.25, -0.2) is 13.6 Å². The summed E-state index contributed by atoms with van der Waals surface area (Å²) in [6, 6.07) is 5.45. The SMILES string of the molecule is NC(=S)CC(=O)Nc1ccc(S(N)(=O)=O)cc1. The molecule has 0 atom stereocenters. The third-order valence-electron chi connectivity index (χ3n) is 1.80. The van der Waals surface area contributed by atoms with Crippen molar-refractivity contribution in [2.24, 2.45) is 10.9 Å². The Labute approximate surface area is 104 Å². The summed E-state index contributed by atoms with van der Waals surface area (Å²) in [4.78, 5) is 11.3. The fourth-order valence-electron chi connectivity index (χ4n) is 1.09. The molecule has 0 saturated carbocycles. The number of hydrogen-bond acceptors (Lipinski definition) is 4. The van der Waals surface area contributed by atoms with E-state index in [9.17, 15) is 13.2 Å². The Hall–Kier alpha value is -1.51. The second-order valence-corrected chi connectivity index (χ2v) is 5.35. The van der Waals surface area contributed by atoms with E-state index in [2.05, 4.69) is 17.5 Å². The molecule has 0 bridgehead atoms. The molecule has 0 aliphatic heterocycles. The molecule has 17 heavy (non-hydrogen) atoms. The number of amides is 1. The molecule has 1 amide bonds. The number of nitrogens with two attached hydrogens (primary N) is 2. The van der Waals surface area contributed by atoms with Crippen LogP contribution in [0.15, 0.2) is 29.2 Å². The molecule has 0 aromatic heterocycles. The van der Waals surface area contributed by atoms with Gasteiger partial charge in [0.25, 0.3) is 0 Å². The van der Waals surface area contributed by atoms with Crippen LogP contribution in [0, 0.1) is 0 Å². The molecule has 0 aliphatic rings. The van der Waals surface area contributed by atoms with E-state index in [1.165, 1.54) is 24.3 Å². The summed E-state index contributed by atoms with van der Waals surface area (Å²) in [7, 11) is -3.72. The summed E-state index contributed by atoms with van der Waals surface area (Å²) >= 11 is 4.58. The van der Waals surface area contributed by atoms with Gasteiger partial charge in [-0.1, -0.05) is 12.2 Å². The van der Waals surface area contributed by atoms with Crippen molar-refractivity contribution in [3.63, 3.8) is 0 Å². The van der Waals surface area contributed by atoms with Crippen molar-refractivity contribution in [3.8, 4) is 0 Å². The molecule has 0 heterocycles. The number of anilines is 1. The zero-order valence-electron chi connectivity index (χ0n) is 8.71. The van der Waals surface area contributed by atoms with E-state index in [1.807, 2.05) is 0 Å². The van der Waals surface area contributed by atoms with Crippen LogP contribution in [0.25, 0.3) is 0 Å². The van der Waals surface area contributed by atoms with E-state index in [-0.39, 0.29) is 22.2 Å². The number of thiocarbonyl (C=S) groups is 1. The molecule has 92 valence electrons. The number of sulfonamides is 1. The van der Waals surface area contributed by atoms with Crippen molar-refractivity contribution in [1.82, 2.24) is 0 Å². The number of rotatable bonds is 4. The Morgan fingerprint density at radius 3 is 2.24 bits per heavy atom. The molecule has 0 unspecified atom stereocenters. The first-order valence-corrected chi connectivity index (χ1v) is 6.45. The van der Waals surface area contributed by atoms with Crippen LogP contribution in [-0.4, -0.2) is 19.3 Å². The summed E-state index contributed by atoms with van der Waals surface area (Å²) in [5, 5.41) is 7.44. The minimum atomic E-state index is -3.72. The van der Waals surface area contributed by atoms with Crippen molar-refractivity contribution in [3.05, 3.63) is 24.3 Å². The lowest BCUT2D eigenvalue weighted by molar-refractivity contribution is -0.115. The number of carbonyl (C=O) groups is 1. The maximum atomic E-state index is 11.3. The van der Waals surface area contributed by atoms with Crippen molar-refractivity contribution in [1.29, 1.82) is 0 Å².